The predicted molar refractivity (Wildman–Crippen MR) is 171 cm³/mol. The highest BCUT2D eigenvalue weighted by atomic mass is 35.5. The number of hydrogen-bond acceptors (Lipinski definition) is 5. The number of fused-ring (bicyclic) bond motifs is 1. The number of carbonyl (C=O) groups is 3. The fourth-order valence-electron chi connectivity index (χ4n) is 7.78. The monoisotopic (exact) mass is 619 g/mol. The second-order valence-corrected chi connectivity index (χ2v) is 12.5. The van der Waals surface area contributed by atoms with Crippen molar-refractivity contribution in [1.82, 2.24) is 9.80 Å². The molecule has 2 bridgehead atoms. The van der Waals surface area contributed by atoms with Gasteiger partial charge in [0.25, 0.3) is 5.91 Å². The summed E-state index contributed by atoms with van der Waals surface area (Å²) in [7, 11) is 0. The van der Waals surface area contributed by atoms with Gasteiger partial charge in [-0.25, -0.2) is 0 Å². The van der Waals surface area contributed by atoms with Gasteiger partial charge in [-0.3, -0.25) is 14.4 Å². The van der Waals surface area contributed by atoms with Crippen molar-refractivity contribution < 1.29 is 24.2 Å². The number of aliphatic hydroxyl groups is 1. The predicted octanol–water partition coefficient (Wildman–Crippen LogP) is 4.92. The quantitative estimate of drug-likeness (QED) is 0.322. The summed E-state index contributed by atoms with van der Waals surface area (Å²) < 4.78 is 6.97. The Kier molecular flexibility index (Phi) is 9.35. The Morgan fingerprint density at radius 2 is 1.82 bits per heavy atom. The van der Waals surface area contributed by atoms with Gasteiger partial charge in [-0.1, -0.05) is 73.1 Å². The fraction of sp³-hybridized carbons (Fsp3) is 0.457. The third-order valence-electron chi connectivity index (χ3n) is 9.65. The van der Waals surface area contributed by atoms with Gasteiger partial charge in [0.1, 0.15) is 11.6 Å². The second-order valence-electron chi connectivity index (χ2n) is 12.1. The molecule has 0 radical (unpaired) electrons. The highest BCUT2D eigenvalue weighted by Crippen LogP contribution is 2.64. The maximum atomic E-state index is 14.8. The Morgan fingerprint density at radius 3 is 2.45 bits per heavy atom. The molecular formula is C35H42ClN3O5. The number of benzene rings is 2. The molecule has 0 aromatic heterocycles. The molecule has 3 heterocycles. The third kappa shape index (κ3) is 5.17. The normalized spacial score (nSPS) is 26.9. The van der Waals surface area contributed by atoms with Crippen molar-refractivity contribution in [3.05, 3.63) is 90.0 Å². The third-order valence-corrected chi connectivity index (χ3v) is 9.96. The number of anilines is 1. The zero-order valence-corrected chi connectivity index (χ0v) is 26.3. The summed E-state index contributed by atoms with van der Waals surface area (Å²) in [5, 5.41) is 10.2. The van der Waals surface area contributed by atoms with Crippen LogP contribution in [0.4, 0.5) is 5.69 Å². The van der Waals surface area contributed by atoms with Crippen LogP contribution >= 0.6 is 11.6 Å². The Labute approximate surface area is 264 Å². The SMILES string of the molecule is C=CCN(Cc1ccccc1)C(=O)[C@@H]1[C@H]2C(=O)N(CCCO)C(C(=O)N(CC=C)c3c(C)cccc3Cl)C23CC[C@@]1(CC)O3. The molecule has 3 aliphatic heterocycles. The van der Waals surface area contributed by atoms with Crippen LogP contribution in [0.1, 0.15) is 43.7 Å². The Bertz CT molecular complexity index is 1410. The molecular weight excluding hydrogens is 578 g/mol. The lowest BCUT2D eigenvalue weighted by Crippen LogP contribution is -2.57. The zero-order chi connectivity index (χ0) is 31.6. The van der Waals surface area contributed by atoms with E-state index in [1.807, 2.05) is 56.3 Å². The molecule has 9 heteroatoms. The van der Waals surface area contributed by atoms with Gasteiger partial charge >= 0.3 is 0 Å². The van der Waals surface area contributed by atoms with E-state index in [1.54, 1.807) is 32.9 Å². The minimum Gasteiger partial charge on any atom is -0.396 e. The highest BCUT2D eigenvalue weighted by Gasteiger charge is 2.79. The number of carbonyl (C=O) groups excluding carboxylic acids is 3. The molecule has 3 amide bonds. The molecule has 44 heavy (non-hydrogen) atoms. The lowest BCUT2D eigenvalue weighted by Gasteiger charge is -2.37. The molecule has 8 nitrogen and oxygen atoms in total. The van der Waals surface area contributed by atoms with Crippen LogP contribution in [0.5, 0.6) is 0 Å². The van der Waals surface area contributed by atoms with Crippen LogP contribution in [0.25, 0.3) is 0 Å². The first-order valence-electron chi connectivity index (χ1n) is 15.4. The average Bonchev–Trinajstić information content (AvgIpc) is 3.62. The number of nitrogens with zero attached hydrogens (tertiary/aromatic N) is 3. The molecule has 5 rings (SSSR count). The maximum Gasteiger partial charge on any atom is 0.253 e. The van der Waals surface area contributed by atoms with Crippen molar-refractivity contribution >= 4 is 35.0 Å². The summed E-state index contributed by atoms with van der Waals surface area (Å²) in [5.74, 6) is -2.38. The van der Waals surface area contributed by atoms with Crippen LogP contribution in [0.3, 0.4) is 0 Å². The van der Waals surface area contributed by atoms with E-state index in [0.717, 1.165) is 11.1 Å². The van der Waals surface area contributed by atoms with E-state index in [1.165, 1.54) is 0 Å². The Balaban J connectivity index is 1.60. The van der Waals surface area contributed by atoms with E-state index >= 15 is 0 Å². The highest BCUT2D eigenvalue weighted by molar-refractivity contribution is 6.34. The molecule has 3 aliphatic rings. The van der Waals surface area contributed by atoms with Gasteiger partial charge < -0.3 is 24.5 Å². The van der Waals surface area contributed by atoms with Crippen molar-refractivity contribution in [2.24, 2.45) is 11.8 Å². The minimum atomic E-state index is -1.19. The van der Waals surface area contributed by atoms with Crippen LogP contribution < -0.4 is 4.90 Å². The number of aliphatic hydroxyl groups excluding tert-OH is 1. The van der Waals surface area contributed by atoms with Crippen molar-refractivity contribution in [3.8, 4) is 0 Å². The van der Waals surface area contributed by atoms with Crippen LogP contribution in [0, 0.1) is 18.8 Å². The van der Waals surface area contributed by atoms with E-state index in [9.17, 15) is 19.5 Å². The molecule has 0 aliphatic carbocycles. The molecule has 2 unspecified atom stereocenters. The first-order chi connectivity index (χ1) is 21.2. The lowest BCUT2D eigenvalue weighted by atomic mass is 9.64. The smallest absolute Gasteiger partial charge is 0.253 e. The minimum absolute atomic E-state index is 0.144. The molecule has 3 saturated heterocycles. The van der Waals surface area contributed by atoms with E-state index in [4.69, 9.17) is 16.3 Å². The first kappa shape index (κ1) is 31.9. The zero-order valence-electron chi connectivity index (χ0n) is 25.6. The molecule has 5 atom stereocenters. The van der Waals surface area contributed by atoms with Crippen molar-refractivity contribution in [1.29, 1.82) is 0 Å². The number of para-hydroxylation sites is 1. The molecule has 234 valence electrons. The van der Waals surface area contributed by atoms with Crippen LogP contribution in [-0.4, -0.2) is 76.1 Å². The largest absolute Gasteiger partial charge is 0.396 e. The van der Waals surface area contributed by atoms with E-state index < -0.39 is 29.1 Å². The Morgan fingerprint density at radius 1 is 1.09 bits per heavy atom. The topological polar surface area (TPSA) is 90.4 Å². The van der Waals surface area contributed by atoms with Crippen molar-refractivity contribution in [2.75, 3.05) is 31.1 Å². The molecule has 0 saturated carbocycles. The summed E-state index contributed by atoms with van der Waals surface area (Å²) in [6.07, 6.45) is 5.17. The summed E-state index contributed by atoms with van der Waals surface area (Å²) in [6, 6.07) is 14.2. The standard InChI is InChI=1S/C35H42ClN3O5/c1-5-19-37(23-25-14-9-8-10-15-25)31(41)27-28-32(42)39(21-12-22-40)30(35(28)18-17-34(27,7-3)44-35)33(43)38(20-6-2)29-24(4)13-11-16-26(29)36/h5-6,8-11,13-16,27-28,30,40H,1-2,7,12,17-23H2,3-4H3/t27-,28-,30?,34+,35?/m0/s1. The first-order valence-corrected chi connectivity index (χ1v) is 15.8. The van der Waals surface area contributed by atoms with Crippen LogP contribution in [0.2, 0.25) is 5.02 Å². The number of aryl methyl sites for hydroxylation is 1. The molecule has 2 aromatic rings. The van der Waals surface area contributed by atoms with Gasteiger partial charge in [0.15, 0.2) is 0 Å². The number of ether oxygens (including phenoxy) is 1. The number of halogens is 1. The number of hydrogen-bond donors (Lipinski definition) is 1. The maximum absolute atomic E-state index is 14.8. The molecule has 2 aromatic carbocycles. The van der Waals surface area contributed by atoms with Gasteiger partial charge in [-0.05, 0) is 49.8 Å². The average molecular weight is 620 g/mol. The molecule has 1 N–H and O–H groups in total. The number of amides is 3. The summed E-state index contributed by atoms with van der Waals surface area (Å²) >= 11 is 6.66. The van der Waals surface area contributed by atoms with Gasteiger partial charge in [0.05, 0.1) is 28.1 Å². The van der Waals surface area contributed by atoms with Crippen LogP contribution in [-0.2, 0) is 25.7 Å². The second kappa shape index (κ2) is 12.9. The van der Waals surface area contributed by atoms with Gasteiger partial charge in [0.2, 0.25) is 11.8 Å². The van der Waals surface area contributed by atoms with E-state index in [-0.39, 0.29) is 37.4 Å². The molecule has 3 fully saturated rings. The number of likely N-dealkylation sites (tertiary alicyclic amines) is 1. The molecule has 1 spiro atoms. The van der Waals surface area contributed by atoms with Crippen molar-refractivity contribution in [2.45, 2.75) is 63.3 Å². The summed E-state index contributed by atoms with van der Waals surface area (Å²) in [4.78, 5) is 48.8. The van der Waals surface area contributed by atoms with E-state index in [0.29, 0.717) is 49.5 Å². The summed E-state index contributed by atoms with van der Waals surface area (Å²) in [5.41, 5.74) is 0.264. The lowest BCUT2D eigenvalue weighted by molar-refractivity contribution is -0.151. The van der Waals surface area contributed by atoms with Gasteiger partial charge in [-0.15, -0.1) is 13.2 Å². The van der Waals surface area contributed by atoms with Gasteiger partial charge in [0, 0.05) is 32.8 Å². The van der Waals surface area contributed by atoms with Crippen molar-refractivity contribution in [3.63, 3.8) is 0 Å². The van der Waals surface area contributed by atoms with E-state index in [2.05, 4.69) is 13.2 Å². The van der Waals surface area contributed by atoms with Crippen LogP contribution in [0.15, 0.2) is 73.8 Å². The summed E-state index contributed by atoms with van der Waals surface area (Å²) in [6.45, 7) is 12.5. The Hall–Kier alpha value is -3.46. The van der Waals surface area contributed by atoms with Gasteiger partial charge in [-0.2, -0.15) is 0 Å². The fourth-order valence-corrected chi connectivity index (χ4v) is 8.10. The number of rotatable bonds is 13.